The fourth-order valence-electron chi connectivity index (χ4n) is 3.31. The van der Waals surface area contributed by atoms with E-state index < -0.39 is 0 Å². The van der Waals surface area contributed by atoms with Gasteiger partial charge in [0.05, 0.1) is 0 Å². The van der Waals surface area contributed by atoms with Gasteiger partial charge in [-0.05, 0) is 41.7 Å². The van der Waals surface area contributed by atoms with Crippen molar-refractivity contribution in [3.63, 3.8) is 0 Å². The summed E-state index contributed by atoms with van der Waals surface area (Å²) in [4.78, 5) is 11.2. The Labute approximate surface area is 152 Å². The second-order valence-corrected chi connectivity index (χ2v) is 6.45. The molecule has 0 unspecified atom stereocenters. The molecule has 1 aliphatic rings. The quantitative estimate of drug-likeness (QED) is 0.761. The molecule has 5 heteroatoms. The van der Waals surface area contributed by atoms with Gasteiger partial charge in [-0.1, -0.05) is 42.5 Å². The number of fused-ring (bicyclic) bond motifs is 1. The van der Waals surface area contributed by atoms with Gasteiger partial charge in [-0.15, -0.1) is 0 Å². The van der Waals surface area contributed by atoms with E-state index in [1.807, 2.05) is 12.1 Å². The highest BCUT2D eigenvalue weighted by atomic mass is 19.1. The van der Waals surface area contributed by atoms with Crippen LogP contribution in [0.5, 0.6) is 0 Å². The first-order valence-corrected chi connectivity index (χ1v) is 8.91. The summed E-state index contributed by atoms with van der Waals surface area (Å²) >= 11 is 0. The van der Waals surface area contributed by atoms with E-state index in [2.05, 4.69) is 44.5 Å². The van der Waals surface area contributed by atoms with Crippen molar-refractivity contribution in [2.45, 2.75) is 19.4 Å². The Balaban J connectivity index is 1.40. The first-order valence-electron chi connectivity index (χ1n) is 8.91. The van der Waals surface area contributed by atoms with Crippen molar-refractivity contribution in [2.24, 2.45) is 0 Å². The van der Waals surface area contributed by atoms with E-state index >= 15 is 0 Å². The van der Waals surface area contributed by atoms with Crippen molar-refractivity contribution in [3.8, 4) is 0 Å². The summed E-state index contributed by atoms with van der Waals surface area (Å²) < 4.78 is 13.7. The summed E-state index contributed by atoms with van der Waals surface area (Å²) in [7, 11) is 0. The Morgan fingerprint density at radius 2 is 1.81 bits per heavy atom. The van der Waals surface area contributed by atoms with Crippen molar-refractivity contribution in [3.05, 3.63) is 83.3 Å². The third-order valence-corrected chi connectivity index (χ3v) is 4.73. The Morgan fingerprint density at radius 1 is 1.00 bits per heavy atom. The van der Waals surface area contributed by atoms with Crippen LogP contribution < -0.4 is 10.2 Å². The monoisotopic (exact) mass is 348 g/mol. The van der Waals surface area contributed by atoms with E-state index in [1.165, 1.54) is 17.2 Å². The zero-order chi connectivity index (χ0) is 17.8. The summed E-state index contributed by atoms with van der Waals surface area (Å²) in [6.07, 6.45) is 3.39. The van der Waals surface area contributed by atoms with Gasteiger partial charge in [-0.2, -0.15) is 4.98 Å². The molecule has 0 saturated heterocycles. The third-order valence-electron chi connectivity index (χ3n) is 4.73. The molecule has 2 heterocycles. The minimum absolute atomic E-state index is 0.170. The van der Waals surface area contributed by atoms with Gasteiger partial charge in [0.2, 0.25) is 5.95 Å². The molecule has 4 rings (SSSR count). The maximum Gasteiger partial charge on any atom is 0.224 e. The van der Waals surface area contributed by atoms with Crippen molar-refractivity contribution in [1.29, 1.82) is 0 Å². The Hall–Kier alpha value is -2.95. The average Bonchev–Trinajstić information content (AvgIpc) is 2.69. The minimum atomic E-state index is -0.170. The number of anilines is 2. The summed E-state index contributed by atoms with van der Waals surface area (Å²) in [5.41, 5.74) is 3.47. The van der Waals surface area contributed by atoms with Crippen molar-refractivity contribution < 1.29 is 4.39 Å². The van der Waals surface area contributed by atoms with Gasteiger partial charge in [0, 0.05) is 25.8 Å². The van der Waals surface area contributed by atoms with Gasteiger partial charge in [-0.25, -0.2) is 9.37 Å². The van der Waals surface area contributed by atoms with E-state index in [0.29, 0.717) is 24.5 Å². The van der Waals surface area contributed by atoms with Crippen LogP contribution in [-0.2, 0) is 19.4 Å². The summed E-state index contributed by atoms with van der Waals surface area (Å²) in [6.45, 7) is 2.40. The largest absolute Gasteiger partial charge is 0.354 e. The zero-order valence-electron chi connectivity index (χ0n) is 14.5. The van der Waals surface area contributed by atoms with Gasteiger partial charge in [0.1, 0.15) is 11.6 Å². The summed E-state index contributed by atoms with van der Waals surface area (Å²) in [5.74, 6) is 1.33. The number of aromatic nitrogens is 2. The molecular formula is C21H21FN4. The van der Waals surface area contributed by atoms with Crippen LogP contribution in [-0.4, -0.2) is 23.1 Å². The fourth-order valence-corrected chi connectivity index (χ4v) is 3.31. The van der Waals surface area contributed by atoms with Crippen molar-refractivity contribution in [2.75, 3.05) is 23.3 Å². The number of nitrogens with zero attached hydrogens (tertiary/aromatic N) is 3. The van der Waals surface area contributed by atoms with Gasteiger partial charge in [0.15, 0.2) is 0 Å². The Kier molecular flexibility index (Phi) is 4.78. The highest BCUT2D eigenvalue weighted by Gasteiger charge is 2.17. The molecule has 2 aromatic carbocycles. The second kappa shape index (κ2) is 7.52. The number of benzene rings is 2. The Bertz CT molecular complexity index is 896. The van der Waals surface area contributed by atoms with Crippen LogP contribution in [0.25, 0.3) is 0 Å². The molecule has 1 aromatic heterocycles. The van der Waals surface area contributed by atoms with Gasteiger partial charge in [0.25, 0.3) is 0 Å². The van der Waals surface area contributed by atoms with Crippen LogP contribution in [0.4, 0.5) is 16.2 Å². The molecule has 26 heavy (non-hydrogen) atoms. The smallest absolute Gasteiger partial charge is 0.224 e. The molecule has 0 atom stereocenters. The lowest BCUT2D eigenvalue weighted by Crippen LogP contribution is -2.31. The summed E-state index contributed by atoms with van der Waals surface area (Å²) in [6, 6.07) is 17.3. The molecule has 3 aromatic rings. The molecule has 1 aliphatic heterocycles. The van der Waals surface area contributed by atoms with Gasteiger partial charge >= 0.3 is 0 Å². The fraction of sp³-hybridized carbons (Fsp3) is 0.238. The predicted octanol–water partition coefficient (Wildman–Crippen LogP) is 3.83. The van der Waals surface area contributed by atoms with Crippen LogP contribution in [0.1, 0.15) is 16.7 Å². The molecule has 0 bridgehead atoms. The normalized spacial score (nSPS) is 13.3. The highest BCUT2D eigenvalue weighted by Crippen LogP contribution is 2.23. The van der Waals surface area contributed by atoms with Crippen LogP contribution in [0.2, 0.25) is 0 Å². The molecule has 1 N–H and O–H groups in total. The molecule has 0 aliphatic carbocycles. The molecule has 132 valence electrons. The SMILES string of the molecule is Fc1ccccc1CCNc1nccc(N2CCc3ccccc3C2)n1. The van der Waals surface area contributed by atoms with E-state index in [9.17, 15) is 4.39 Å². The average molecular weight is 348 g/mol. The lowest BCUT2D eigenvalue weighted by atomic mass is 10.00. The number of rotatable bonds is 5. The van der Waals surface area contributed by atoms with E-state index in [0.717, 1.165) is 25.3 Å². The van der Waals surface area contributed by atoms with E-state index in [4.69, 9.17) is 0 Å². The lowest BCUT2D eigenvalue weighted by molar-refractivity contribution is 0.610. The summed E-state index contributed by atoms with van der Waals surface area (Å²) in [5, 5.41) is 3.20. The maximum absolute atomic E-state index is 13.7. The van der Waals surface area contributed by atoms with Crippen molar-refractivity contribution in [1.82, 2.24) is 9.97 Å². The van der Waals surface area contributed by atoms with Crippen LogP contribution in [0, 0.1) is 5.82 Å². The minimum Gasteiger partial charge on any atom is -0.354 e. The highest BCUT2D eigenvalue weighted by molar-refractivity contribution is 5.46. The van der Waals surface area contributed by atoms with E-state index in [1.54, 1.807) is 18.3 Å². The Morgan fingerprint density at radius 3 is 2.69 bits per heavy atom. The molecular weight excluding hydrogens is 327 g/mol. The molecule has 0 spiro atoms. The zero-order valence-corrected chi connectivity index (χ0v) is 14.5. The maximum atomic E-state index is 13.7. The van der Waals surface area contributed by atoms with Crippen LogP contribution in [0.3, 0.4) is 0 Å². The van der Waals surface area contributed by atoms with Crippen LogP contribution in [0.15, 0.2) is 60.8 Å². The van der Waals surface area contributed by atoms with Gasteiger partial charge < -0.3 is 10.2 Å². The topological polar surface area (TPSA) is 41.1 Å². The molecule has 4 nitrogen and oxygen atoms in total. The number of hydrogen-bond acceptors (Lipinski definition) is 4. The molecule has 0 amide bonds. The van der Waals surface area contributed by atoms with Crippen LogP contribution >= 0.6 is 0 Å². The predicted molar refractivity (Wildman–Crippen MR) is 102 cm³/mol. The van der Waals surface area contributed by atoms with E-state index in [-0.39, 0.29) is 5.82 Å². The number of hydrogen-bond donors (Lipinski definition) is 1. The standard InChI is InChI=1S/C21H21FN4/c22-19-8-4-3-6-17(19)9-12-23-21-24-13-10-20(25-21)26-14-11-16-5-1-2-7-18(16)15-26/h1-8,10,13H,9,11-12,14-15H2,(H,23,24,25). The first kappa shape index (κ1) is 16.5. The lowest BCUT2D eigenvalue weighted by Gasteiger charge is -2.29. The second-order valence-electron chi connectivity index (χ2n) is 6.45. The van der Waals surface area contributed by atoms with Gasteiger partial charge in [-0.3, -0.25) is 0 Å². The molecule has 0 saturated carbocycles. The number of nitrogens with one attached hydrogen (secondary N) is 1. The molecule has 0 radical (unpaired) electrons. The van der Waals surface area contributed by atoms with Crippen molar-refractivity contribution >= 4 is 11.8 Å². The third kappa shape index (κ3) is 3.67. The molecule has 0 fully saturated rings. The number of halogens is 1. The first-order chi connectivity index (χ1) is 12.8.